The summed E-state index contributed by atoms with van der Waals surface area (Å²) in [7, 11) is 2.98. The molecule has 1 rings (SSSR count). The maximum absolute atomic E-state index is 11.8. The third-order valence-corrected chi connectivity index (χ3v) is 2.53. The predicted molar refractivity (Wildman–Crippen MR) is 67.0 cm³/mol. The Bertz CT molecular complexity index is 460. The van der Waals surface area contributed by atoms with Gasteiger partial charge in [0.15, 0.2) is 17.3 Å². The van der Waals surface area contributed by atoms with Gasteiger partial charge in [0.1, 0.15) is 0 Å². The second-order valence-corrected chi connectivity index (χ2v) is 3.73. The van der Waals surface area contributed by atoms with E-state index in [-0.39, 0.29) is 5.78 Å². The van der Waals surface area contributed by atoms with Gasteiger partial charge in [-0.1, -0.05) is 11.6 Å². The number of benzene rings is 1. The summed E-state index contributed by atoms with van der Waals surface area (Å²) in [5.41, 5.74) is 0.475. The Morgan fingerprint density at radius 3 is 2.65 bits per heavy atom. The minimum absolute atomic E-state index is 0.0641. The van der Waals surface area contributed by atoms with Gasteiger partial charge in [-0.05, 0) is 12.1 Å². The molecule has 0 N–H and O–H groups in total. The number of Topliss-reactive ketones (excluding diaryl/α,β-unsaturated/α-hetero) is 1. The molecule has 4 heteroatoms. The first-order valence-electron chi connectivity index (χ1n) is 5.02. The molecular formula is C13H13ClO3. The minimum Gasteiger partial charge on any atom is -0.493 e. The predicted octanol–water partition coefficient (Wildman–Crippen LogP) is 2.95. The molecule has 1 aromatic rings. The first kappa shape index (κ1) is 13.4. The molecule has 0 saturated heterocycles. The second kappa shape index (κ2) is 6.17. The van der Waals surface area contributed by atoms with E-state index < -0.39 is 0 Å². The molecule has 0 unspecified atom stereocenters. The number of hydrogen-bond acceptors (Lipinski definition) is 3. The summed E-state index contributed by atoms with van der Waals surface area (Å²) < 4.78 is 10.2. The minimum atomic E-state index is -0.0641. The van der Waals surface area contributed by atoms with Gasteiger partial charge in [0.25, 0.3) is 0 Å². The van der Waals surface area contributed by atoms with Crippen LogP contribution < -0.4 is 9.47 Å². The highest BCUT2D eigenvalue weighted by Gasteiger charge is 2.14. The Labute approximate surface area is 106 Å². The van der Waals surface area contributed by atoms with Gasteiger partial charge < -0.3 is 9.47 Å². The molecule has 0 aliphatic heterocycles. The van der Waals surface area contributed by atoms with Crippen molar-refractivity contribution in [1.29, 1.82) is 0 Å². The van der Waals surface area contributed by atoms with E-state index in [1.54, 1.807) is 12.1 Å². The van der Waals surface area contributed by atoms with E-state index >= 15 is 0 Å². The molecule has 3 nitrogen and oxygen atoms in total. The summed E-state index contributed by atoms with van der Waals surface area (Å²) in [6.45, 7) is 0. The molecule has 0 amide bonds. The number of hydrogen-bond donors (Lipinski definition) is 0. The van der Waals surface area contributed by atoms with Crippen molar-refractivity contribution in [3.63, 3.8) is 0 Å². The monoisotopic (exact) mass is 252 g/mol. The Balaban J connectivity index is 3.07. The fourth-order valence-corrected chi connectivity index (χ4v) is 1.70. The Kier molecular flexibility index (Phi) is 4.86. The molecular weight excluding hydrogens is 240 g/mol. The highest BCUT2D eigenvalue weighted by Crippen LogP contribution is 2.36. The van der Waals surface area contributed by atoms with Crippen molar-refractivity contribution in [3.8, 4) is 23.8 Å². The summed E-state index contributed by atoms with van der Waals surface area (Å²) in [6.07, 6.45) is 5.82. The summed E-state index contributed by atoms with van der Waals surface area (Å²) >= 11 is 5.99. The van der Waals surface area contributed by atoms with Crippen LogP contribution in [0.1, 0.15) is 23.2 Å². The lowest BCUT2D eigenvalue weighted by Gasteiger charge is -2.10. The van der Waals surface area contributed by atoms with E-state index in [1.165, 1.54) is 14.2 Å². The van der Waals surface area contributed by atoms with Crippen LogP contribution in [0.2, 0.25) is 5.02 Å². The highest BCUT2D eigenvalue weighted by atomic mass is 35.5. The fraction of sp³-hybridized carbons (Fsp3) is 0.308. The number of methoxy groups -OCH3 is 2. The number of terminal acetylenes is 1. The smallest absolute Gasteiger partial charge is 0.179 e. The molecule has 0 fully saturated rings. The van der Waals surface area contributed by atoms with E-state index in [1.807, 2.05) is 0 Å². The van der Waals surface area contributed by atoms with Crippen molar-refractivity contribution in [2.75, 3.05) is 14.2 Å². The molecule has 17 heavy (non-hydrogen) atoms. The zero-order chi connectivity index (χ0) is 12.8. The average molecular weight is 253 g/mol. The largest absolute Gasteiger partial charge is 0.493 e. The maximum atomic E-state index is 11.8. The molecule has 0 aromatic heterocycles. The van der Waals surface area contributed by atoms with Crippen LogP contribution in [0.15, 0.2) is 12.1 Å². The highest BCUT2D eigenvalue weighted by molar-refractivity contribution is 6.32. The zero-order valence-electron chi connectivity index (χ0n) is 9.75. The van der Waals surface area contributed by atoms with Gasteiger partial charge in [-0.2, -0.15) is 0 Å². The number of carbonyl (C=O) groups excluding carboxylic acids is 1. The van der Waals surface area contributed by atoms with Crippen LogP contribution in [0.3, 0.4) is 0 Å². The van der Waals surface area contributed by atoms with Crippen molar-refractivity contribution >= 4 is 17.4 Å². The normalized spacial score (nSPS) is 9.53. The lowest BCUT2D eigenvalue weighted by Crippen LogP contribution is -2.01. The molecule has 90 valence electrons. The second-order valence-electron chi connectivity index (χ2n) is 3.32. The molecule has 0 radical (unpaired) electrons. The molecule has 0 heterocycles. The fourth-order valence-electron chi connectivity index (χ4n) is 1.41. The van der Waals surface area contributed by atoms with E-state index in [2.05, 4.69) is 5.92 Å². The number of carbonyl (C=O) groups is 1. The molecule has 0 atom stereocenters. The Morgan fingerprint density at radius 1 is 1.41 bits per heavy atom. The van der Waals surface area contributed by atoms with Crippen LogP contribution in [0.25, 0.3) is 0 Å². The average Bonchev–Trinajstić information content (AvgIpc) is 2.34. The topological polar surface area (TPSA) is 35.5 Å². The number of ketones is 1. The Hall–Kier alpha value is -1.66. The molecule has 0 bridgehead atoms. The summed E-state index contributed by atoms with van der Waals surface area (Å²) in [4.78, 5) is 11.8. The SMILES string of the molecule is C#CCCC(=O)c1cc(Cl)c(OC)c(OC)c1. The lowest BCUT2D eigenvalue weighted by molar-refractivity contribution is 0.0984. The van der Waals surface area contributed by atoms with Crippen LogP contribution in [-0.4, -0.2) is 20.0 Å². The van der Waals surface area contributed by atoms with Gasteiger partial charge in [0.2, 0.25) is 0 Å². The van der Waals surface area contributed by atoms with Crippen LogP contribution in [0.5, 0.6) is 11.5 Å². The van der Waals surface area contributed by atoms with E-state index in [9.17, 15) is 4.79 Å². The van der Waals surface area contributed by atoms with Crippen molar-refractivity contribution in [2.24, 2.45) is 0 Å². The van der Waals surface area contributed by atoms with Gasteiger partial charge in [0.05, 0.1) is 19.2 Å². The molecule has 0 saturated carbocycles. The zero-order valence-corrected chi connectivity index (χ0v) is 10.5. The van der Waals surface area contributed by atoms with E-state index in [0.717, 1.165) is 0 Å². The van der Waals surface area contributed by atoms with Crippen molar-refractivity contribution < 1.29 is 14.3 Å². The maximum Gasteiger partial charge on any atom is 0.179 e. The Morgan fingerprint density at radius 2 is 2.12 bits per heavy atom. The van der Waals surface area contributed by atoms with Gasteiger partial charge in [-0.15, -0.1) is 12.3 Å². The number of rotatable bonds is 5. The van der Waals surface area contributed by atoms with Gasteiger partial charge in [-0.25, -0.2) is 0 Å². The quantitative estimate of drug-likeness (QED) is 0.597. The van der Waals surface area contributed by atoms with Gasteiger partial charge in [0, 0.05) is 18.4 Å². The first-order chi connectivity index (χ1) is 8.13. The summed E-state index contributed by atoms with van der Waals surface area (Å²) in [5, 5.41) is 0.343. The number of ether oxygens (including phenoxy) is 2. The third kappa shape index (κ3) is 3.15. The molecule has 1 aromatic carbocycles. The van der Waals surface area contributed by atoms with E-state index in [0.29, 0.717) is 34.9 Å². The molecule has 0 aliphatic rings. The molecule has 0 spiro atoms. The van der Waals surface area contributed by atoms with Crippen molar-refractivity contribution in [1.82, 2.24) is 0 Å². The standard InChI is InChI=1S/C13H13ClO3/c1-4-5-6-11(15)9-7-10(14)13(17-3)12(8-9)16-2/h1,7-8H,5-6H2,2-3H3. The number of halogens is 1. The first-order valence-corrected chi connectivity index (χ1v) is 5.40. The van der Waals surface area contributed by atoms with Crippen molar-refractivity contribution in [3.05, 3.63) is 22.7 Å². The summed E-state index contributed by atoms with van der Waals surface area (Å²) in [6, 6.07) is 3.16. The van der Waals surface area contributed by atoms with Crippen LogP contribution in [-0.2, 0) is 0 Å². The van der Waals surface area contributed by atoms with Gasteiger partial charge >= 0.3 is 0 Å². The summed E-state index contributed by atoms with van der Waals surface area (Å²) in [5.74, 6) is 3.21. The van der Waals surface area contributed by atoms with Crippen LogP contribution in [0.4, 0.5) is 0 Å². The molecule has 0 aliphatic carbocycles. The van der Waals surface area contributed by atoms with Gasteiger partial charge in [-0.3, -0.25) is 4.79 Å². The van der Waals surface area contributed by atoms with Crippen LogP contribution in [0, 0.1) is 12.3 Å². The third-order valence-electron chi connectivity index (χ3n) is 2.25. The van der Waals surface area contributed by atoms with Crippen molar-refractivity contribution in [2.45, 2.75) is 12.8 Å². The van der Waals surface area contributed by atoms with E-state index in [4.69, 9.17) is 27.5 Å². The van der Waals surface area contributed by atoms with Crippen LogP contribution >= 0.6 is 11.6 Å². The lowest BCUT2D eigenvalue weighted by atomic mass is 10.1.